The van der Waals surface area contributed by atoms with Crippen LogP contribution in [0.15, 0.2) is 0 Å². The molecule has 2 aliphatic rings. The number of rotatable bonds is 2. The summed E-state index contributed by atoms with van der Waals surface area (Å²) in [4.78, 5) is 25.2. The summed E-state index contributed by atoms with van der Waals surface area (Å²) < 4.78 is 0. The van der Waals surface area contributed by atoms with Gasteiger partial charge in [-0.15, -0.1) is 0 Å². The van der Waals surface area contributed by atoms with Crippen LogP contribution in [-0.2, 0) is 4.79 Å². The highest BCUT2D eigenvalue weighted by molar-refractivity contribution is 7.80. The second kappa shape index (κ2) is 4.28. The number of hydrogen-bond donors (Lipinski definition) is 2. The standard InChI is InChI=1S/C11H18N2O2S/c1-8-2-4-11(5-3-8)9(14)13(6-7-16)10(15)12-11/h8,16H,2-7H2,1H3,(H,12,15). The summed E-state index contributed by atoms with van der Waals surface area (Å²) in [7, 11) is 0. The summed E-state index contributed by atoms with van der Waals surface area (Å²) in [6.45, 7) is 2.60. The second-order valence-electron chi connectivity index (χ2n) is 4.88. The quantitative estimate of drug-likeness (QED) is 0.568. The Bertz CT molecular complexity index is 311. The minimum atomic E-state index is -0.591. The minimum absolute atomic E-state index is 0.0431. The Hall–Kier alpha value is -0.710. The Morgan fingerprint density at radius 3 is 2.62 bits per heavy atom. The molecule has 1 saturated carbocycles. The molecule has 2 rings (SSSR count). The summed E-state index contributed by atoms with van der Waals surface area (Å²) in [5.41, 5.74) is -0.591. The van der Waals surface area contributed by atoms with Gasteiger partial charge >= 0.3 is 6.03 Å². The van der Waals surface area contributed by atoms with Gasteiger partial charge in [-0.3, -0.25) is 9.69 Å². The van der Waals surface area contributed by atoms with E-state index in [9.17, 15) is 9.59 Å². The van der Waals surface area contributed by atoms with Crippen LogP contribution in [-0.4, -0.2) is 34.7 Å². The van der Waals surface area contributed by atoms with E-state index in [4.69, 9.17) is 0 Å². The van der Waals surface area contributed by atoms with Crippen LogP contribution in [0.3, 0.4) is 0 Å². The molecule has 5 heteroatoms. The summed E-state index contributed by atoms with van der Waals surface area (Å²) >= 11 is 4.07. The lowest BCUT2D eigenvalue weighted by atomic mass is 9.77. The first-order chi connectivity index (χ1) is 7.59. The topological polar surface area (TPSA) is 49.4 Å². The van der Waals surface area contributed by atoms with E-state index in [1.54, 1.807) is 0 Å². The van der Waals surface area contributed by atoms with Crippen LogP contribution in [0.5, 0.6) is 0 Å². The third-order valence-electron chi connectivity index (χ3n) is 3.70. The summed E-state index contributed by atoms with van der Waals surface area (Å²) in [5, 5.41) is 2.88. The van der Waals surface area contributed by atoms with Crippen molar-refractivity contribution in [3.8, 4) is 0 Å². The second-order valence-corrected chi connectivity index (χ2v) is 5.32. The summed E-state index contributed by atoms with van der Waals surface area (Å²) in [5.74, 6) is 1.14. The maximum Gasteiger partial charge on any atom is 0.325 e. The lowest BCUT2D eigenvalue weighted by Gasteiger charge is -2.33. The Morgan fingerprint density at radius 2 is 2.06 bits per heavy atom. The van der Waals surface area contributed by atoms with Crippen molar-refractivity contribution in [1.29, 1.82) is 0 Å². The Labute approximate surface area is 101 Å². The molecule has 0 bridgehead atoms. The van der Waals surface area contributed by atoms with Crippen LogP contribution in [0, 0.1) is 5.92 Å². The van der Waals surface area contributed by atoms with Crippen LogP contribution in [0.4, 0.5) is 4.79 Å². The minimum Gasteiger partial charge on any atom is -0.323 e. The number of nitrogens with zero attached hydrogens (tertiary/aromatic N) is 1. The van der Waals surface area contributed by atoms with E-state index in [0.29, 0.717) is 18.2 Å². The first-order valence-corrected chi connectivity index (χ1v) is 6.47. The lowest BCUT2D eigenvalue weighted by molar-refractivity contribution is -0.132. The van der Waals surface area contributed by atoms with Gasteiger partial charge in [-0.05, 0) is 31.6 Å². The zero-order valence-corrected chi connectivity index (χ0v) is 10.4. The zero-order chi connectivity index (χ0) is 11.8. The van der Waals surface area contributed by atoms with Crippen molar-refractivity contribution in [2.24, 2.45) is 5.92 Å². The zero-order valence-electron chi connectivity index (χ0n) is 9.53. The van der Waals surface area contributed by atoms with Crippen LogP contribution < -0.4 is 5.32 Å². The Kier molecular flexibility index (Phi) is 3.15. The molecule has 1 saturated heterocycles. The van der Waals surface area contributed by atoms with Crippen LogP contribution in [0.25, 0.3) is 0 Å². The third kappa shape index (κ3) is 1.81. The number of urea groups is 1. The molecular formula is C11H18N2O2S. The smallest absolute Gasteiger partial charge is 0.323 e. The fourth-order valence-electron chi connectivity index (χ4n) is 2.57. The molecule has 0 aromatic carbocycles. The van der Waals surface area contributed by atoms with E-state index in [1.807, 2.05) is 0 Å². The fraction of sp³-hybridized carbons (Fsp3) is 0.818. The molecule has 1 heterocycles. The molecule has 16 heavy (non-hydrogen) atoms. The third-order valence-corrected chi connectivity index (χ3v) is 3.90. The molecule has 0 aromatic rings. The molecule has 1 aliphatic heterocycles. The van der Waals surface area contributed by atoms with Gasteiger partial charge in [0.15, 0.2) is 0 Å². The molecule has 0 aromatic heterocycles. The number of imide groups is 1. The van der Waals surface area contributed by atoms with Crippen molar-refractivity contribution >= 4 is 24.6 Å². The lowest BCUT2D eigenvalue weighted by Crippen LogP contribution is -2.49. The average molecular weight is 242 g/mol. The van der Waals surface area contributed by atoms with Crippen LogP contribution in [0.2, 0.25) is 0 Å². The highest BCUT2D eigenvalue weighted by Gasteiger charge is 2.51. The van der Waals surface area contributed by atoms with Gasteiger partial charge in [-0.2, -0.15) is 12.6 Å². The molecule has 2 fully saturated rings. The number of thiol groups is 1. The van der Waals surface area contributed by atoms with Gasteiger partial charge in [-0.25, -0.2) is 4.79 Å². The maximum atomic E-state index is 12.2. The predicted octanol–water partition coefficient (Wildman–Crippen LogP) is 1.42. The predicted molar refractivity (Wildman–Crippen MR) is 64.5 cm³/mol. The van der Waals surface area contributed by atoms with Crippen molar-refractivity contribution in [1.82, 2.24) is 10.2 Å². The maximum absolute atomic E-state index is 12.2. The van der Waals surface area contributed by atoms with Gasteiger partial charge in [-0.1, -0.05) is 6.92 Å². The van der Waals surface area contributed by atoms with Gasteiger partial charge in [0.05, 0.1) is 0 Å². The average Bonchev–Trinajstić information content (AvgIpc) is 2.49. The molecule has 4 nitrogen and oxygen atoms in total. The van der Waals surface area contributed by atoms with E-state index in [0.717, 1.165) is 25.7 Å². The molecule has 1 spiro atoms. The van der Waals surface area contributed by atoms with Crippen molar-refractivity contribution in [2.75, 3.05) is 12.3 Å². The largest absolute Gasteiger partial charge is 0.325 e. The van der Waals surface area contributed by atoms with Crippen molar-refractivity contribution < 1.29 is 9.59 Å². The first kappa shape index (κ1) is 11.8. The summed E-state index contributed by atoms with van der Waals surface area (Å²) in [6, 6.07) is -0.242. The van der Waals surface area contributed by atoms with Gasteiger partial charge < -0.3 is 5.32 Å². The van der Waals surface area contributed by atoms with Crippen LogP contribution in [0.1, 0.15) is 32.6 Å². The number of hydrogen-bond acceptors (Lipinski definition) is 3. The van der Waals surface area contributed by atoms with Crippen molar-refractivity contribution in [2.45, 2.75) is 38.1 Å². The number of amides is 3. The van der Waals surface area contributed by atoms with E-state index in [1.165, 1.54) is 4.90 Å². The van der Waals surface area contributed by atoms with E-state index in [2.05, 4.69) is 24.9 Å². The molecule has 1 aliphatic carbocycles. The van der Waals surface area contributed by atoms with E-state index in [-0.39, 0.29) is 11.9 Å². The first-order valence-electron chi connectivity index (χ1n) is 5.84. The monoisotopic (exact) mass is 242 g/mol. The van der Waals surface area contributed by atoms with E-state index >= 15 is 0 Å². The van der Waals surface area contributed by atoms with Crippen molar-refractivity contribution in [3.63, 3.8) is 0 Å². The molecular weight excluding hydrogens is 224 g/mol. The molecule has 0 radical (unpaired) electrons. The molecule has 1 N–H and O–H groups in total. The summed E-state index contributed by atoms with van der Waals surface area (Å²) in [6.07, 6.45) is 3.59. The number of carbonyl (C=O) groups excluding carboxylic acids is 2. The van der Waals surface area contributed by atoms with E-state index < -0.39 is 5.54 Å². The Morgan fingerprint density at radius 1 is 1.44 bits per heavy atom. The van der Waals surface area contributed by atoms with Gasteiger partial charge in [0.2, 0.25) is 0 Å². The van der Waals surface area contributed by atoms with Gasteiger partial charge in [0.25, 0.3) is 5.91 Å². The molecule has 90 valence electrons. The number of carbonyl (C=O) groups is 2. The molecule has 0 unspecified atom stereocenters. The normalized spacial score (nSPS) is 34.6. The molecule has 3 amide bonds. The van der Waals surface area contributed by atoms with Gasteiger partial charge in [0, 0.05) is 12.3 Å². The molecule has 0 atom stereocenters. The highest BCUT2D eigenvalue weighted by atomic mass is 32.1. The SMILES string of the molecule is CC1CCC2(CC1)NC(=O)N(CCS)C2=O. The van der Waals surface area contributed by atoms with Gasteiger partial charge in [0.1, 0.15) is 5.54 Å². The number of nitrogens with one attached hydrogen (secondary N) is 1. The highest BCUT2D eigenvalue weighted by Crippen LogP contribution is 2.36. The Balaban J connectivity index is 2.13. The van der Waals surface area contributed by atoms with Crippen molar-refractivity contribution in [3.05, 3.63) is 0 Å². The van der Waals surface area contributed by atoms with Crippen LogP contribution >= 0.6 is 12.6 Å². The fourth-order valence-corrected chi connectivity index (χ4v) is 2.77.